The van der Waals surface area contributed by atoms with E-state index in [1.807, 2.05) is 0 Å². The van der Waals surface area contributed by atoms with Gasteiger partial charge in [0.2, 0.25) is 5.91 Å². The van der Waals surface area contributed by atoms with Crippen LogP contribution in [0.25, 0.3) is 0 Å². The molecule has 140 valence electrons. The van der Waals surface area contributed by atoms with Crippen molar-refractivity contribution in [2.75, 3.05) is 13.1 Å². The second-order valence-corrected chi connectivity index (χ2v) is 6.72. The molecule has 0 saturated carbocycles. The van der Waals surface area contributed by atoms with Gasteiger partial charge in [-0.15, -0.1) is 0 Å². The Hall–Kier alpha value is -3.02. The molecule has 0 radical (unpaired) electrons. The summed E-state index contributed by atoms with van der Waals surface area (Å²) < 4.78 is 12.9. The van der Waals surface area contributed by atoms with Crippen LogP contribution < -0.4 is 5.32 Å². The lowest BCUT2D eigenvalue weighted by atomic mass is 10.1. The van der Waals surface area contributed by atoms with E-state index < -0.39 is 0 Å². The van der Waals surface area contributed by atoms with Crippen LogP contribution in [-0.4, -0.2) is 41.6 Å². The fraction of sp³-hybridized carbons (Fsp3) is 0.286. The van der Waals surface area contributed by atoms with Crippen molar-refractivity contribution in [2.45, 2.75) is 25.8 Å². The average molecular weight is 368 g/mol. The number of carbonyl (C=O) groups excluding carboxylic acids is 3. The van der Waals surface area contributed by atoms with Crippen LogP contribution in [0.5, 0.6) is 0 Å². The van der Waals surface area contributed by atoms with Crippen LogP contribution in [0.15, 0.2) is 48.5 Å². The Balaban J connectivity index is 1.53. The Morgan fingerprint density at radius 1 is 1.07 bits per heavy atom. The number of benzene rings is 2. The zero-order chi connectivity index (χ0) is 19.4. The maximum atomic E-state index is 12.9. The minimum Gasteiger partial charge on any atom is -0.347 e. The highest BCUT2D eigenvalue weighted by atomic mass is 19.1. The highest BCUT2D eigenvalue weighted by Gasteiger charge is 2.30. The molecule has 0 bridgehead atoms. The highest BCUT2D eigenvalue weighted by Crippen LogP contribution is 2.14. The van der Waals surface area contributed by atoms with Crippen LogP contribution in [0.1, 0.15) is 39.6 Å². The number of ketones is 1. The molecule has 6 heteroatoms. The molecule has 27 heavy (non-hydrogen) atoms. The normalized spacial score (nSPS) is 16.4. The molecule has 1 fully saturated rings. The summed E-state index contributed by atoms with van der Waals surface area (Å²) in [6.07, 6.45) is 0.903. The van der Waals surface area contributed by atoms with Crippen LogP contribution >= 0.6 is 0 Å². The summed E-state index contributed by atoms with van der Waals surface area (Å²) in [4.78, 5) is 37.5. The van der Waals surface area contributed by atoms with Crippen molar-refractivity contribution in [1.82, 2.24) is 10.2 Å². The molecule has 1 saturated heterocycles. The molecule has 0 unspecified atom stereocenters. The topological polar surface area (TPSA) is 66.5 Å². The van der Waals surface area contributed by atoms with Crippen LogP contribution in [-0.2, 0) is 11.2 Å². The quantitative estimate of drug-likeness (QED) is 0.797. The van der Waals surface area contributed by atoms with E-state index in [9.17, 15) is 18.8 Å². The van der Waals surface area contributed by atoms with E-state index in [1.165, 1.54) is 19.1 Å². The minimum atomic E-state index is -0.282. The van der Waals surface area contributed by atoms with Gasteiger partial charge in [-0.05, 0) is 43.2 Å². The maximum Gasteiger partial charge on any atom is 0.251 e. The van der Waals surface area contributed by atoms with Crippen LogP contribution in [0.2, 0.25) is 0 Å². The van der Waals surface area contributed by atoms with Crippen molar-refractivity contribution in [3.63, 3.8) is 0 Å². The third kappa shape index (κ3) is 4.78. The van der Waals surface area contributed by atoms with E-state index >= 15 is 0 Å². The molecule has 2 aromatic carbocycles. The smallest absolute Gasteiger partial charge is 0.251 e. The van der Waals surface area contributed by atoms with E-state index in [0.717, 1.165) is 5.56 Å². The predicted molar refractivity (Wildman–Crippen MR) is 99.0 cm³/mol. The van der Waals surface area contributed by atoms with Gasteiger partial charge in [0.1, 0.15) is 5.82 Å². The van der Waals surface area contributed by atoms with Crippen LogP contribution in [0, 0.1) is 5.82 Å². The standard InChI is InChI=1S/C21H21FN2O3/c1-14(25)16-4-6-17(7-5-16)21(27)23-19-12-20(26)24(13-19)11-10-15-2-8-18(22)9-3-15/h2-9,19H,10-13H2,1H3,(H,23,27)/t19-/m0/s1. The molecule has 2 aromatic rings. The number of halogens is 1. The van der Waals surface area contributed by atoms with Gasteiger partial charge in [0.05, 0.1) is 6.04 Å². The summed E-state index contributed by atoms with van der Waals surface area (Å²) in [6, 6.07) is 12.4. The van der Waals surface area contributed by atoms with Gasteiger partial charge in [-0.2, -0.15) is 0 Å². The first-order valence-electron chi connectivity index (χ1n) is 8.86. The van der Waals surface area contributed by atoms with Gasteiger partial charge < -0.3 is 10.2 Å². The molecule has 0 aliphatic carbocycles. The van der Waals surface area contributed by atoms with Crippen molar-refractivity contribution in [3.8, 4) is 0 Å². The van der Waals surface area contributed by atoms with E-state index in [2.05, 4.69) is 5.32 Å². The Morgan fingerprint density at radius 3 is 2.33 bits per heavy atom. The van der Waals surface area contributed by atoms with Gasteiger partial charge in [0.15, 0.2) is 5.78 Å². The average Bonchev–Trinajstić information content (AvgIpc) is 3.00. The summed E-state index contributed by atoms with van der Waals surface area (Å²) in [6.45, 7) is 2.46. The van der Waals surface area contributed by atoms with Crippen LogP contribution in [0.4, 0.5) is 4.39 Å². The van der Waals surface area contributed by atoms with Crippen LogP contribution in [0.3, 0.4) is 0 Å². The van der Waals surface area contributed by atoms with E-state index in [1.54, 1.807) is 41.3 Å². The number of nitrogens with one attached hydrogen (secondary N) is 1. The third-order valence-electron chi connectivity index (χ3n) is 4.69. The Labute approximate surface area is 157 Å². The molecule has 1 N–H and O–H groups in total. The first-order valence-corrected chi connectivity index (χ1v) is 8.86. The lowest BCUT2D eigenvalue weighted by Crippen LogP contribution is -2.37. The minimum absolute atomic E-state index is 0.00524. The molecule has 2 amide bonds. The summed E-state index contributed by atoms with van der Waals surface area (Å²) >= 11 is 0. The number of hydrogen-bond acceptors (Lipinski definition) is 3. The first kappa shape index (κ1) is 18.8. The molecule has 3 rings (SSSR count). The van der Waals surface area contributed by atoms with Crippen molar-refractivity contribution in [1.29, 1.82) is 0 Å². The molecular weight excluding hydrogens is 347 g/mol. The summed E-state index contributed by atoms with van der Waals surface area (Å²) in [7, 11) is 0. The number of nitrogens with zero attached hydrogens (tertiary/aromatic N) is 1. The van der Waals surface area contributed by atoms with Crippen molar-refractivity contribution >= 4 is 17.6 Å². The highest BCUT2D eigenvalue weighted by molar-refractivity contribution is 5.98. The number of hydrogen-bond donors (Lipinski definition) is 1. The number of Topliss-reactive ketones (excluding diaryl/α,β-unsaturated/α-hetero) is 1. The Bertz CT molecular complexity index is 847. The molecular formula is C21H21FN2O3. The zero-order valence-corrected chi connectivity index (χ0v) is 15.1. The van der Waals surface area contributed by atoms with E-state index in [0.29, 0.717) is 30.6 Å². The number of amides is 2. The molecule has 1 atom stereocenters. The third-order valence-corrected chi connectivity index (χ3v) is 4.69. The van der Waals surface area contributed by atoms with E-state index in [4.69, 9.17) is 0 Å². The van der Waals surface area contributed by atoms with Crippen molar-refractivity contribution < 1.29 is 18.8 Å². The lowest BCUT2D eigenvalue weighted by molar-refractivity contribution is -0.127. The predicted octanol–water partition coefficient (Wildman–Crippen LogP) is 2.60. The molecule has 0 spiro atoms. The number of likely N-dealkylation sites (tertiary alicyclic amines) is 1. The number of rotatable bonds is 6. The van der Waals surface area contributed by atoms with Gasteiger partial charge in [-0.1, -0.05) is 24.3 Å². The number of carbonyl (C=O) groups is 3. The van der Waals surface area contributed by atoms with Gasteiger partial charge in [-0.25, -0.2) is 4.39 Å². The zero-order valence-electron chi connectivity index (χ0n) is 15.1. The van der Waals surface area contributed by atoms with Gasteiger partial charge in [0, 0.05) is 30.6 Å². The fourth-order valence-electron chi connectivity index (χ4n) is 3.13. The van der Waals surface area contributed by atoms with Gasteiger partial charge in [0.25, 0.3) is 5.91 Å². The summed E-state index contributed by atoms with van der Waals surface area (Å²) in [5, 5.41) is 2.87. The lowest BCUT2D eigenvalue weighted by Gasteiger charge is -2.17. The summed E-state index contributed by atoms with van der Waals surface area (Å²) in [5.41, 5.74) is 1.97. The largest absolute Gasteiger partial charge is 0.347 e. The fourth-order valence-corrected chi connectivity index (χ4v) is 3.13. The van der Waals surface area contributed by atoms with Crippen molar-refractivity contribution in [3.05, 3.63) is 71.0 Å². The second kappa shape index (κ2) is 8.12. The van der Waals surface area contributed by atoms with Gasteiger partial charge in [-0.3, -0.25) is 14.4 Å². The monoisotopic (exact) mass is 368 g/mol. The maximum absolute atomic E-state index is 12.9. The second-order valence-electron chi connectivity index (χ2n) is 6.72. The Morgan fingerprint density at radius 2 is 1.70 bits per heavy atom. The molecule has 1 aliphatic rings. The SMILES string of the molecule is CC(=O)c1ccc(C(=O)N[C@H]2CC(=O)N(CCc3ccc(F)cc3)C2)cc1. The van der Waals surface area contributed by atoms with E-state index in [-0.39, 0.29) is 35.9 Å². The summed E-state index contributed by atoms with van der Waals surface area (Å²) in [5.74, 6) is -0.604. The van der Waals surface area contributed by atoms with Gasteiger partial charge >= 0.3 is 0 Å². The molecule has 0 aromatic heterocycles. The molecule has 1 heterocycles. The molecule has 1 aliphatic heterocycles. The first-order chi connectivity index (χ1) is 12.9. The molecule has 5 nitrogen and oxygen atoms in total. The van der Waals surface area contributed by atoms with Crippen molar-refractivity contribution in [2.24, 2.45) is 0 Å². The Kier molecular flexibility index (Phi) is 5.64.